The maximum Gasteiger partial charge on any atom is 0.344 e. The van der Waals surface area contributed by atoms with E-state index in [9.17, 15) is 38.7 Å². The molecule has 2 aliphatic carbocycles. The van der Waals surface area contributed by atoms with Crippen molar-refractivity contribution in [1.82, 2.24) is 0 Å². The highest BCUT2D eigenvalue weighted by Gasteiger charge is 2.81. The first-order valence-corrected chi connectivity index (χ1v) is 18.6. The summed E-state index contributed by atoms with van der Waals surface area (Å²) >= 11 is 0. The zero-order chi connectivity index (χ0) is 41.9. The lowest BCUT2D eigenvalue weighted by Crippen LogP contribution is -2.76. The molecule has 1 spiro atoms. The Morgan fingerprint density at radius 3 is 1.95 bits per heavy atom. The van der Waals surface area contributed by atoms with Crippen molar-refractivity contribution in [3.8, 4) is 0 Å². The molecule has 2 heterocycles. The summed E-state index contributed by atoms with van der Waals surface area (Å²) in [5, 5.41) is 13.0. The Hall–Kier alpha value is -4.35. The van der Waals surface area contributed by atoms with E-state index in [1.54, 1.807) is 27.7 Å². The van der Waals surface area contributed by atoms with Crippen LogP contribution in [0.4, 0.5) is 0 Å². The topological polar surface area (TPSA) is 226 Å². The smallest absolute Gasteiger partial charge is 0.344 e. The number of epoxide rings is 1. The molecular formula is C39H54O17. The minimum absolute atomic E-state index is 0.0136. The summed E-state index contributed by atoms with van der Waals surface area (Å²) in [6.07, 6.45) is -5.63. The van der Waals surface area contributed by atoms with E-state index in [2.05, 4.69) is 0 Å². The Kier molecular flexibility index (Phi) is 13.8. The lowest BCUT2D eigenvalue weighted by atomic mass is 9.51. The Bertz CT molecular complexity index is 1610. The molecular weight excluding hydrogens is 740 g/mol. The van der Waals surface area contributed by atoms with E-state index in [-0.39, 0.29) is 37.9 Å². The van der Waals surface area contributed by atoms with Crippen LogP contribution in [0.25, 0.3) is 0 Å². The summed E-state index contributed by atoms with van der Waals surface area (Å²) in [7, 11) is 1.39. The van der Waals surface area contributed by atoms with Crippen molar-refractivity contribution < 1.29 is 81.3 Å². The molecule has 17 nitrogen and oxygen atoms in total. The SMILES string of the molecule is COCC1=CC2OC(=O)C(C)C2(O)C(OC(C)=O)C2C3(CO3)C(OC(=O)CC(C)C)C(OC(C)=O)C(OC(C)=O)C2(C)C(OC(=O)COC(=O)CC(C)C)C=C1. The van der Waals surface area contributed by atoms with Crippen molar-refractivity contribution in [2.24, 2.45) is 29.1 Å². The van der Waals surface area contributed by atoms with E-state index in [0.717, 1.165) is 20.8 Å². The Labute approximate surface area is 325 Å². The number of fused-ring (bicyclic) bond motifs is 3. The van der Waals surface area contributed by atoms with Crippen LogP contribution in [0.15, 0.2) is 23.8 Å². The van der Waals surface area contributed by atoms with Gasteiger partial charge in [-0.3, -0.25) is 28.8 Å². The second kappa shape index (κ2) is 17.4. The number of hydrogen-bond donors (Lipinski definition) is 1. The Morgan fingerprint density at radius 1 is 0.839 bits per heavy atom. The van der Waals surface area contributed by atoms with Crippen LogP contribution in [0.3, 0.4) is 0 Å². The van der Waals surface area contributed by atoms with Crippen LogP contribution in [0.1, 0.15) is 75.2 Å². The number of hydrogen-bond acceptors (Lipinski definition) is 17. The number of carbonyl (C=O) groups is 7. The van der Waals surface area contributed by atoms with Crippen LogP contribution in [0, 0.1) is 29.1 Å². The van der Waals surface area contributed by atoms with Crippen molar-refractivity contribution in [3.63, 3.8) is 0 Å². The van der Waals surface area contributed by atoms with Crippen molar-refractivity contribution >= 4 is 41.8 Å². The quantitative estimate of drug-likeness (QED) is 0.160. The molecule has 11 atom stereocenters. The number of methoxy groups -OCH3 is 1. The first kappa shape index (κ1) is 44.4. The zero-order valence-corrected chi connectivity index (χ0v) is 33.5. The van der Waals surface area contributed by atoms with Gasteiger partial charge in [0.05, 0.1) is 24.5 Å². The summed E-state index contributed by atoms with van der Waals surface area (Å²) in [6, 6.07) is 0. The Morgan fingerprint density at radius 2 is 1.41 bits per heavy atom. The number of aliphatic hydroxyl groups is 1. The third-order valence-corrected chi connectivity index (χ3v) is 10.6. The van der Waals surface area contributed by atoms with Gasteiger partial charge in [-0.2, -0.15) is 0 Å². The fourth-order valence-corrected chi connectivity index (χ4v) is 8.14. The van der Waals surface area contributed by atoms with Gasteiger partial charge < -0.3 is 47.7 Å². The summed E-state index contributed by atoms with van der Waals surface area (Å²) in [6.45, 7) is 12.0. The minimum atomic E-state index is -2.42. The summed E-state index contributed by atoms with van der Waals surface area (Å²) in [5.74, 6) is -9.19. The molecule has 0 radical (unpaired) electrons. The molecule has 2 aliphatic heterocycles. The molecule has 0 bridgehead atoms. The van der Waals surface area contributed by atoms with Gasteiger partial charge in [-0.25, -0.2) is 4.79 Å². The molecule has 0 aromatic heterocycles. The van der Waals surface area contributed by atoms with Crippen LogP contribution in [-0.4, -0.2) is 122 Å². The van der Waals surface area contributed by atoms with Gasteiger partial charge in [0.25, 0.3) is 0 Å². The molecule has 0 aromatic rings. The largest absolute Gasteiger partial charge is 0.459 e. The average molecular weight is 795 g/mol. The second-order valence-corrected chi connectivity index (χ2v) is 15.9. The normalized spacial score (nSPS) is 34.7. The van der Waals surface area contributed by atoms with Crippen LogP contribution in [0.5, 0.6) is 0 Å². The van der Waals surface area contributed by atoms with E-state index in [1.807, 2.05) is 0 Å². The van der Waals surface area contributed by atoms with Gasteiger partial charge in [0.1, 0.15) is 17.8 Å². The van der Waals surface area contributed by atoms with Gasteiger partial charge >= 0.3 is 41.8 Å². The first-order chi connectivity index (χ1) is 26.1. The molecule has 11 unspecified atom stereocenters. The fraction of sp³-hybridized carbons (Fsp3) is 0.718. The minimum Gasteiger partial charge on any atom is -0.459 e. The second-order valence-electron chi connectivity index (χ2n) is 15.9. The van der Waals surface area contributed by atoms with Crippen molar-refractivity contribution in [3.05, 3.63) is 23.8 Å². The van der Waals surface area contributed by atoms with Crippen molar-refractivity contribution in [2.45, 2.75) is 123 Å². The molecule has 1 N–H and O–H groups in total. The van der Waals surface area contributed by atoms with Crippen LogP contribution in [-0.2, 0) is 76.2 Å². The predicted molar refractivity (Wildman–Crippen MR) is 190 cm³/mol. The maximum atomic E-state index is 13.7. The lowest BCUT2D eigenvalue weighted by molar-refractivity contribution is -0.279. The van der Waals surface area contributed by atoms with Gasteiger partial charge in [-0.1, -0.05) is 40.7 Å². The molecule has 4 rings (SSSR count). The maximum absolute atomic E-state index is 13.7. The molecule has 3 fully saturated rings. The molecule has 1 saturated carbocycles. The number of esters is 7. The van der Waals surface area contributed by atoms with E-state index in [0.29, 0.717) is 5.57 Å². The number of rotatable bonds is 13. The van der Waals surface area contributed by atoms with Crippen LogP contribution in [0.2, 0.25) is 0 Å². The van der Waals surface area contributed by atoms with Crippen LogP contribution >= 0.6 is 0 Å². The van der Waals surface area contributed by atoms with Crippen molar-refractivity contribution in [1.29, 1.82) is 0 Å². The number of carbonyl (C=O) groups excluding carboxylic acids is 7. The lowest BCUT2D eigenvalue weighted by Gasteiger charge is -2.59. The van der Waals surface area contributed by atoms with E-state index in [4.69, 9.17) is 42.6 Å². The summed E-state index contributed by atoms with van der Waals surface area (Å²) < 4.78 is 52.6. The zero-order valence-electron chi connectivity index (χ0n) is 33.5. The van der Waals surface area contributed by atoms with Gasteiger partial charge in [0.15, 0.2) is 36.6 Å². The predicted octanol–water partition coefficient (Wildman–Crippen LogP) is 2.08. The van der Waals surface area contributed by atoms with Gasteiger partial charge in [0, 0.05) is 46.6 Å². The third-order valence-electron chi connectivity index (χ3n) is 10.6. The highest BCUT2D eigenvalue weighted by Crippen LogP contribution is 2.63. The average Bonchev–Trinajstić information content (AvgIpc) is 3.83. The highest BCUT2D eigenvalue weighted by atomic mass is 16.7. The Balaban J connectivity index is 2.10. The highest BCUT2D eigenvalue weighted by molar-refractivity contribution is 5.78. The van der Waals surface area contributed by atoms with Crippen molar-refractivity contribution in [2.75, 3.05) is 26.9 Å². The van der Waals surface area contributed by atoms with Gasteiger partial charge in [0.2, 0.25) is 0 Å². The van der Waals surface area contributed by atoms with E-state index in [1.165, 1.54) is 39.2 Å². The number of ether oxygens (including phenoxy) is 9. The monoisotopic (exact) mass is 794 g/mol. The van der Waals surface area contributed by atoms with Gasteiger partial charge in [-0.05, 0) is 36.5 Å². The third kappa shape index (κ3) is 9.10. The van der Waals surface area contributed by atoms with E-state index >= 15 is 0 Å². The molecule has 0 aromatic carbocycles. The standard InChI is InChI=1S/C39H54O17/c1-19(2)13-28(43)49-17-30(45)54-26-12-11-25(16-48-10)15-27-39(47,21(5)36(46)55-27)35(53-24(8)42)32-37(26,9)33(52-23(7)41)31(51-22(6)40)34(38(32)18-50-38)56-29(44)14-20(3)4/h11-12,15,19-21,26-27,31-35,47H,13-14,16-18H2,1-10H3. The molecule has 4 aliphatic rings. The first-order valence-electron chi connectivity index (χ1n) is 18.6. The van der Waals surface area contributed by atoms with Crippen LogP contribution < -0.4 is 0 Å². The molecule has 17 heteroatoms. The van der Waals surface area contributed by atoms with E-state index < -0.39 is 113 Å². The molecule has 56 heavy (non-hydrogen) atoms. The molecule has 2 saturated heterocycles. The fourth-order valence-electron chi connectivity index (χ4n) is 8.14. The molecule has 312 valence electrons. The van der Waals surface area contributed by atoms with Gasteiger partial charge in [-0.15, -0.1) is 0 Å². The summed E-state index contributed by atoms with van der Waals surface area (Å²) in [5.41, 5.74) is -5.90. The summed E-state index contributed by atoms with van der Waals surface area (Å²) in [4.78, 5) is 92.2. The molecule has 0 amide bonds.